The number of amides is 2. The van der Waals surface area contributed by atoms with Gasteiger partial charge in [0.05, 0.1) is 23.9 Å². The summed E-state index contributed by atoms with van der Waals surface area (Å²) in [6.07, 6.45) is 1.28. The third kappa shape index (κ3) is 4.67. The van der Waals surface area contributed by atoms with Crippen LogP contribution in [0.15, 0.2) is 35.4 Å². The van der Waals surface area contributed by atoms with E-state index in [4.69, 9.17) is 26.8 Å². The van der Waals surface area contributed by atoms with Crippen LogP contribution in [0.4, 0.5) is 13.6 Å². The summed E-state index contributed by atoms with van der Waals surface area (Å²) in [5, 5.41) is 3.28. The molecular formula is C16H12ClF2N3O4. The highest BCUT2D eigenvalue weighted by Crippen LogP contribution is 2.29. The number of nitrogens with zero attached hydrogens (tertiary/aromatic N) is 1. The number of esters is 1. The summed E-state index contributed by atoms with van der Waals surface area (Å²) in [5.74, 6) is -3.25. The van der Waals surface area contributed by atoms with Crippen LogP contribution >= 0.6 is 11.6 Å². The van der Waals surface area contributed by atoms with Crippen LogP contribution in [0.2, 0.25) is 5.02 Å². The van der Waals surface area contributed by atoms with E-state index in [1.807, 2.05) is 5.43 Å². The topological polar surface area (TPSA) is 103 Å². The molecule has 2 amide bonds. The highest BCUT2D eigenvalue weighted by Gasteiger charge is 2.18. The molecule has 2 aromatic carbocycles. The van der Waals surface area contributed by atoms with Gasteiger partial charge >= 0.3 is 12.0 Å². The van der Waals surface area contributed by atoms with Gasteiger partial charge in [0.15, 0.2) is 23.1 Å². The third-order valence-electron chi connectivity index (χ3n) is 3.01. The molecule has 0 spiro atoms. The highest BCUT2D eigenvalue weighted by molar-refractivity contribution is 6.33. The molecule has 0 atom stereocenters. The second-order valence-corrected chi connectivity index (χ2v) is 5.19. The van der Waals surface area contributed by atoms with Gasteiger partial charge in [-0.05, 0) is 35.9 Å². The average molecular weight is 384 g/mol. The van der Waals surface area contributed by atoms with E-state index in [0.717, 1.165) is 0 Å². The van der Waals surface area contributed by atoms with E-state index in [1.54, 1.807) is 0 Å². The minimum Gasteiger partial charge on any atom is -0.493 e. The lowest BCUT2D eigenvalue weighted by Crippen LogP contribution is -2.24. The van der Waals surface area contributed by atoms with Crippen molar-refractivity contribution < 1.29 is 27.8 Å². The Hall–Kier alpha value is -3.20. The largest absolute Gasteiger partial charge is 0.493 e. The first-order valence-corrected chi connectivity index (χ1v) is 7.33. The predicted molar refractivity (Wildman–Crippen MR) is 89.6 cm³/mol. The number of hydrogen-bond donors (Lipinski definition) is 2. The number of nitrogens with two attached hydrogens (primary N) is 1. The zero-order valence-electron chi connectivity index (χ0n) is 13.3. The van der Waals surface area contributed by atoms with Gasteiger partial charge in [0.2, 0.25) is 0 Å². The van der Waals surface area contributed by atoms with Crippen molar-refractivity contribution in [1.29, 1.82) is 0 Å². The molecule has 10 heteroatoms. The van der Waals surface area contributed by atoms with Crippen LogP contribution in [0, 0.1) is 11.6 Å². The van der Waals surface area contributed by atoms with E-state index in [2.05, 4.69) is 5.10 Å². The van der Waals surface area contributed by atoms with Gasteiger partial charge in [-0.25, -0.2) is 23.8 Å². The van der Waals surface area contributed by atoms with Gasteiger partial charge in [0.25, 0.3) is 0 Å². The fourth-order valence-corrected chi connectivity index (χ4v) is 2.08. The van der Waals surface area contributed by atoms with Crippen LogP contribution in [0.5, 0.6) is 11.5 Å². The normalized spacial score (nSPS) is 10.6. The molecule has 2 aromatic rings. The molecule has 0 heterocycles. The summed E-state index contributed by atoms with van der Waals surface area (Å²) < 4.78 is 36.6. The van der Waals surface area contributed by atoms with E-state index < -0.39 is 23.6 Å². The minimum atomic E-state index is -1.23. The third-order valence-corrected chi connectivity index (χ3v) is 3.32. The zero-order valence-corrected chi connectivity index (χ0v) is 14.0. The molecule has 0 saturated carbocycles. The molecule has 0 aliphatic carbocycles. The van der Waals surface area contributed by atoms with E-state index in [9.17, 15) is 18.4 Å². The summed E-state index contributed by atoms with van der Waals surface area (Å²) in [4.78, 5) is 22.7. The van der Waals surface area contributed by atoms with Crippen LogP contribution in [0.3, 0.4) is 0 Å². The summed E-state index contributed by atoms with van der Waals surface area (Å²) in [7, 11) is 1.33. The van der Waals surface area contributed by atoms with Crippen molar-refractivity contribution >= 4 is 29.8 Å². The first-order valence-electron chi connectivity index (χ1n) is 6.95. The molecule has 2 rings (SSSR count). The number of halogens is 3. The lowest BCUT2D eigenvalue weighted by atomic mass is 10.2. The van der Waals surface area contributed by atoms with Crippen LogP contribution < -0.4 is 20.6 Å². The average Bonchev–Trinajstić information content (AvgIpc) is 2.58. The molecule has 0 aliphatic heterocycles. The fourth-order valence-electron chi connectivity index (χ4n) is 1.85. The molecule has 136 valence electrons. The number of rotatable bonds is 5. The Morgan fingerprint density at radius 3 is 2.54 bits per heavy atom. The Bertz CT molecular complexity index is 890. The molecule has 26 heavy (non-hydrogen) atoms. The number of methoxy groups -OCH3 is 1. The number of carbonyl (C=O) groups is 2. The molecule has 0 saturated heterocycles. The highest BCUT2D eigenvalue weighted by atomic mass is 35.5. The second-order valence-electron chi connectivity index (χ2n) is 4.78. The van der Waals surface area contributed by atoms with Gasteiger partial charge in [-0.15, -0.1) is 0 Å². The van der Waals surface area contributed by atoms with Gasteiger partial charge in [0.1, 0.15) is 0 Å². The van der Waals surface area contributed by atoms with Crippen molar-refractivity contribution in [3.63, 3.8) is 0 Å². The Morgan fingerprint density at radius 1 is 1.19 bits per heavy atom. The molecular weight excluding hydrogens is 372 g/mol. The number of nitrogens with one attached hydrogen (secondary N) is 1. The number of benzene rings is 2. The molecule has 0 fully saturated rings. The molecule has 0 aliphatic rings. The van der Waals surface area contributed by atoms with Crippen LogP contribution in [-0.4, -0.2) is 25.3 Å². The van der Waals surface area contributed by atoms with Crippen molar-refractivity contribution in [3.05, 3.63) is 58.1 Å². The smallest absolute Gasteiger partial charge is 0.345 e. The molecule has 0 aromatic heterocycles. The molecule has 0 radical (unpaired) electrons. The maximum Gasteiger partial charge on any atom is 0.345 e. The number of hydrogen-bond acceptors (Lipinski definition) is 5. The zero-order chi connectivity index (χ0) is 19.3. The molecule has 3 N–H and O–H groups in total. The second kappa shape index (κ2) is 8.26. The summed E-state index contributed by atoms with van der Waals surface area (Å²) in [6, 6.07) is 4.84. The lowest BCUT2D eigenvalue weighted by molar-refractivity contribution is 0.0729. The molecule has 0 unspecified atom stereocenters. The predicted octanol–water partition coefficient (Wildman–Crippen LogP) is 2.85. The van der Waals surface area contributed by atoms with Gasteiger partial charge in [-0.1, -0.05) is 11.6 Å². The van der Waals surface area contributed by atoms with E-state index >= 15 is 0 Å². The first-order chi connectivity index (χ1) is 12.3. The quantitative estimate of drug-likeness (QED) is 0.272. The first kappa shape index (κ1) is 19.1. The maximum absolute atomic E-state index is 13.3. The van der Waals surface area contributed by atoms with Gasteiger partial charge in [0, 0.05) is 0 Å². The summed E-state index contributed by atoms with van der Waals surface area (Å²) in [5.41, 5.74) is 7.05. The fraction of sp³-hybridized carbons (Fsp3) is 0.0625. The Labute approximate surface area is 151 Å². The number of primary amides is 1. The van der Waals surface area contributed by atoms with Gasteiger partial charge < -0.3 is 15.2 Å². The number of ether oxygens (including phenoxy) is 2. The minimum absolute atomic E-state index is 0.0123. The standard InChI is InChI=1S/C16H12ClF2N3O4/c1-25-14-4-8(7-21-22-16(20)24)2-3-13(14)26-15(23)9-5-11(18)12(19)6-10(9)17/h2-7H,1H3,(H3,20,22,24)/b21-7+. The summed E-state index contributed by atoms with van der Waals surface area (Å²) in [6.45, 7) is 0. The Balaban J connectivity index is 2.23. The van der Waals surface area contributed by atoms with E-state index in [1.165, 1.54) is 31.5 Å². The van der Waals surface area contributed by atoms with E-state index in [-0.39, 0.29) is 22.1 Å². The number of hydrazone groups is 1. The van der Waals surface area contributed by atoms with Crippen LogP contribution in [0.25, 0.3) is 0 Å². The van der Waals surface area contributed by atoms with Crippen molar-refractivity contribution in [2.75, 3.05) is 7.11 Å². The monoisotopic (exact) mass is 383 g/mol. The lowest BCUT2D eigenvalue weighted by Gasteiger charge is -2.11. The number of urea groups is 1. The van der Waals surface area contributed by atoms with Crippen molar-refractivity contribution in [2.45, 2.75) is 0 Å². The molecule has 7 nitrogen and oxygen atoms in total. The Kier molecular flexibility index (Phi) is 6.07. The maximum atomic E-state index is 13.3. The van der Waals surface area contributed by atoms with Crippen LogP contribution in [-0.2, 0) is 0 Å². The Morgan fingerprint density at radius 2 is 1.88 bits per heavy atom. The van der Waals surface area contributed by atoms with Crippen molar-refractivity contribution in [2.24, 2.45) is 10.8 Å². The van der Waals surface area contributed by atoms with Crippen molar-refractivity contribution in [3.8, 4) is 11.5 Å². The van der Waals surface area contributed by atoms with Crippen LogP contribution in [0.1, 0.15) is 15.9 Å². The SMILES string of the molecule is COc1cc(/C=N/NC(N)=O)ccc1OC(=O)c1cc(F)c(F)cc1Cl. The summed E-state index contributed by atoms with van der Waals surface area (Å²) >= 11 is 5.74. The van der Waals surface area contributed by atoms with E-state index in [0.29, 0.717) is 17.7 Å². The van der Waals surface area contributed by atoms with Crippen molar-refractivity contribution in [1.82, 2.24) is 5.43 Å². The van der Waals surface area contributed by atoms with Gasteiger partial charge in [-0.3, -0.25) is 0 Å². The number of carbonyl (C=O) groups excluding carboxylic acids is 2. The van der Waals surface area contributed by atoms with Gasteiger partial charge in [-0.2, -0.15) is 5.10 Å². The molecule has 0 bridgehead atoms.